The molecular weight excluding hydrogens is 415 g/mol. The van der Waals surface area contributed by atoms with Crippen LogP contribution in [-0.2, 0) is 14.6 Å². The van der Waals surface area contributed by atoms with Gasteiger partial charge in [0.15, 0.2) is 15.0 Å². The SMILES string of the molecule is CCC(CC)C(=O)N=C1SC2CS(=O)(=O)CC2N1c1cccc(Cl)c1Cl. The van der Waals surface area contributed by atoms with Gasteiger partial charge in [-0.15, -0.1) is 0 Å². The lowest BCUT2D eigenvalue weighted by atomic mass is 10.0. The minimum Gasteiger partial charge on any atom is -0.314 e. The second-order valence-corrected chi connectivity index (χ2v) is 10.6. The molecule has 9 heteroatoms. The van der Waals surface area contributed by atoms with Gasteiger partial charge < -0.3 is 4.90 Å². The summed E-state index contributed by atoms with van der Waals surface area (Å²) in [5.41, 5.74) is 0.590. The Labute approximate surface area is 168 Å². The second kappa shape index (κ2) is 7.70. The van der Waals surface area contributed by atoms with E-state index in [0.29, 0.717) is 20.9 Å². The predicted molar refractivity (Wildman–Crippen MR) is 109 cm³/mol. The summed E-state index contributed by atoms with van der Waals surface area (Å²) in [6.07, 6.45) is 1.44. The van der Waals surface area contributed by atoms with Gasteiger partial charge in [-0.25, -0.2) is 8.42 Å². The zero-order valence-corrected chi connectivity index (χ0v) is 17.6. The lowest BCUT2D eigenvalue weighted by Gasteiger charge is -2.26. The molecular formula is C17H20Cl2N2O3S2. The molecule has 2 fully saturated rings. The summed E-state index contributed by atoms with van der Waals surface area (Å²) in [7, 11) is -3.13. The Kier molecular flexibility index (Phi) is 5.92. The molecule has 1 aromatic carbocycles. The van der Waals surface area contributed by atoms with Crippen LogP contribution in [0, 0.1) is 5.92 Å². The first-order valence-corrected chi connectivity index (χ1v) is 12.0. The third-order valence-electron chi connectivity index (χ3n) is 4.80. The third kappa shape index (κ3) is 3.77. The van der Waals surface area contributed by atoms with Gasteiger partial charge in [-0.1, -0.05) is 54.9 Å². The molecule has 0 saturated carbocycles. The zero-order chi connectivity index (χ0) is 19.1. The number of hydrogen-bond donors (Lipinski definition) is 0. The number of benzene rings is 1. The number of nitrogens with zero attached hydrogens (tertiary/aromatic N) is 2. The fourth-order valence-corrected chi connectivity index (χ4v) is 7.65. The average Bonchev–Trinajstić information content (AvgIpc) is 3.02. The summed E-state index contributed by atoms with van der Waals surface area (Å²) >= 11 is 13.9. The Bertz CT molecular complexity index is 854. The van der Waals surface area contributed by atoms with E-state index in [2.05, 4.69) is 4.99 Å². The zero-order valence-electron chi connectivity index (χ0n) is 14.5. The Balaban J connectivity index is 2.04. The molecule has 0 aromatic heterocycles. The molecule has 0 N–H and O–H groups in total. The van der Waals surface area contributed by atoms with Crippen molar-refractivity contribution in [3.05, 3.63) is 28.2 Å². The van der Waals surface area contributed by atoms with E-state index in [4.69, 9.17) is 23.2 Å². The first-order valence-electron chi connectivity index (χ1n) is 8.50. The molecule has 3 rings (SSSR count). The van der Waals surface area contributed by atoms with E-state index >= 15 is 0 Å². The second-order valence-electron chi connectivity index (χ2n) is 6.49. The minimum absolute atomic E-state index is 0.0195. The van der Waals surface area contributed by atoms with Crippen LogP contribution in [0.5, 0.6) is 0 Å². The highest BCUT2D eigenvalue weighted by Gasteiger charge is 2.50. The van der Waals surface area contributed by atoms with Crippen LogP contribution in [0.2, 0.25) is 10.0 Å². The molecule has 2 heterocycles. The van der Waals surface area contributed by atoms with Gasteiger partial charge in [-0.05, 0) is 25.0 Å². The first kappa shape index (κ1) is 20.0. The van der Waals surface area contributed by atoms with Gasteiger partial charge in [-0.3, -0.25) is 4.79 Å². The molecule has 2 saturated heterocycles. The number of fused-ring (bicyclic) bond motifs is 1. The van der Waals surface area contributed by atoms with Crippen molar-refractivity contribution in [2.75, 3.05) is 16.4 Å². The van der Waals surface area contributed by atoms with E-state index in [-0.39, 0.29) is 34.6 Å². The third-order valence-corrected chi connectivity index (χ3v) is 8.82. The van der Waals surface area contributed by atoms with Gasteiger partial charge in [-0.2, -0.15) is 4.99 Å². The summed E-state index contributed by atoms with van der Waals surface area (Å²) in [4.78, 5) is 18.7. The molecule has 1 aromatic rings. The van der Waals surface area contributed by atoms with E-state index in [0.717, 1.165) is 12.8 Å². The van der Waals surface area contributed by atoms with Gasteiger partial charge in [0.05, 0.1) is 33.3 Å². The highest BCUT2D eigenvalue weighted by Crippen LogP contribution is 2.44. The van der Waals surface area contributed by atoms with Gasteiger partial charge in [0.1, 0.15) is 0 Å². The molecule has 2 aliphatic rings. The number of amides is 1. The summed E-state index contributed by atoms with van der Waals surface area (Å²) in [5.74, 6) is -0.214. The number of rotatable bonds is 4. The van der Waals surface area contributed by atoms with Crippen molar-refractivity contribution in [3.63, 3.8) is 0 Å². The topological polar surface area (TPSA) is 66.8 Å². The van der Waals surface area contributed by atoms with E-state index in [9.17, 15) is 13.2 Å². The number of halogens is 2. The number of carbonyl (C=O) groups is 1. The van der Waals surface area contributed by atoms with Crippen LogP contribution in [0.3, 0.4) is 0 Å². The number of anilines is 1. The number of aliphatic imine (C=N–C) groups is 1. The Hall–Kier alpha value is -0.760. The van der Waals surface area contributed by atoms with Crippen LogP contribution in [-0.4, -0.2) is 42.3 Å². The lowest BCUT2D eigenvalue weighted by molar-refractivity contribution is -0.121. The number of sulfone groups is 1. The molecule has 142 valence electrons. The van der Waals surface area contributed by atoms with Crippen molar-refractivity contribution in [1.29, 1.82) is 0 Å². The average molecular weight is 435 g/mol. The van der Waals surface area contributed by atoms with Crippen molar-refractivity contribution in [3.8, 4) is 0 Å². The lowest BCUT2D eigenvalue weighted by Crippen LogP contribution is -2.38. The van der Waals surface area contributed by atoms with Crippen LogP contribution in [0.1, 0.15) is 26.7 Å². The van der Waals surface area contributed by atoms with Crippen LogP contribution >= 0.6 is 35.0 Å². The molecule has 0 spiro atoms. The number of thioether (sulfide) groups is 1. The van der Waals surface area contributed by atoms with Crippen molar-refractivity contribution in [2.45, 2.75) is 38.0 Å². The smallest absolute Gasteiger partial charge is 0.251 e. The van der Waals surface area contributed by atoms with Crippen molar-refractivity contribution >= 4 is 61.6 Å². The maximum Gasteiger partial charge on any atom is 0.251 e. The fraction of sp³-hybridized carbons (Fsp3) is 0.529. The molecule has 5 nitrogen and oxygen atoms in total. The first-order chi connectivity index (χ1) is 12.3. The number of carbonyl (C=O) groups excluding carboxylic acids is 1. The van der Waals surface area contributed by atoms with Crippen LogP contribution in [0.25, 0.3) is 0 Å². The predicted octanol–water partition coefficient (Wildman–Crippen LogP) is 4.03. The molecule has 26 heavy (non-hydrogen) atoms. The highest BCUT2D eigenvalue weighted by molar-refractivity contribution is 8.16. The summed E-state index contributed by atoms with van der Waals surface area (Å²) in [6, 6.07) is 4.91. The molecule has 0 bridgehead atoms. The molecule has 2 atom stereocenters. The summed E-state index contributed by atoms with van der Waals surface area (Å²) in [6.45, 7) is 3.92. The van der Waals surface area contributed by atoms with Crippen molar-refractivity contribution in [1.82, 2.24) is 0 Å². The molecule has 1 amide bonds. The maximum absolute atomic E-state index is 12.5. The van der Waals surface area contributed by atoms with Crippen molar-refractivity contribution < 1.29 is 13.2 Å². The number of amidine groups is 1. The van der Waals surface area contributed by atoms with Gasteiger partial charge in [0, 0.05) is 11.2 Å². The highest BCUT2D eigenvalue weighted by atomic mass is 35.5. The van der Waals surface area contributed by atoms with E-state index < -0.39 is 9.84 Å². The quantitative estimate of drug-likeness (QED) is 0.715. The van der Waals surface area contributed by atoms with Crippen LogP contribution in [0.15, 0.2) is 23.2 Å². The maximum atomic E-state index is 12.5. The number of hydrogen-bond acceptors (Lipinski definition) is 4. The van der Waals surface area contributed by atoms with E-state index in [1.807, 2.05) is 13.8 Å². The van der Waals surface area contributed by atoms with E-state index in [1.165, 1.54) is 11.8 Å². The fourth-order valence-electron chi connectivity index (χ4n) is 3.35. The standard InChI is InChI=1S/C17H20Cl2N2O3S2/c1-3-10(4-2)16(22)20-17-21(12-7-5-6-11(18)15(12)19)13-8-26(23,24)9-14(13)25-17/h5-7,10,13-14H,3-4,8-9H2,1-2H3. The van der Waals surface area contributed by atoms with Crippen LogP contribution in [0.4, 0.5) is 5.69 Å². The molecule has 2 aliphatic heterocycles. The Morgan fingerprint density at radius 3 is 2.65 bits per heavy atom. The van der Waals surface area contributed by atoms with Gasteiger partial charge in [0.2, 0.25) is 0 Å². The molecule has 2 unspecified atom stereocenters. The summed E-state index contributed by atoms with van der Waals surface area (Å²) in [5, 5.41) is 1.06. The minimum atomic E-state index is -3.13. The molecule has 0 aliphatic carbocycles. The Morgan fingerprint density at radius 2 is 2.00 bits per heavy atom. The van der Waals surface area contributed by atoms with Crippen LogP contribution < -0.4 is 4.90 Å². The largest absolute Gasteiger partial charge is 0.314 e. The van der Waals surface area contributed by atoms with E-state index in [1.54, 1.807) is 23.1 Å². The van der Waals surface area contributed by atoms with Gasteiger partial charge in [0.25, 0.3) is 5.91 Å². The van der Waals surface area contributed by atoms with Crippen molar-refractivity contribution in [2.24, 2.45) is 10.9 Å². The van der Waals surface area contributed by atoms with Gasteiger partial charge >= 0.3 is 0 Å². The monoisotopic (exact) mass is 434 g/mol. The molecule has 0 radical (unpaired) electrons. The summed E-state index contributed by atoms with van der Waals surface area (Å²) < 4.78 is 24.2. The Morgan fingerprint density at radius 1 is 1.31 bits per heavy atom. The normalized spacial score (nSPS) is 25.9.